The number of piperidine rings is 1. The van der Waals surface area contributed by atoms with Gasteiger partial charge in [0.05, 0.1) is 6.10 Å². The molecule has 8 heteroatoms. The summed E-state index contributed by atoms with van der Waals surface area (Å²) in [5.41, 5.74) is 2.43. The van der Waals surface area contributed by atoms with Gasteiger partial charge in [-0.2, -0.15) is 0 Å². The average molecular weight is 393 g/mol. The van der Waals surface area contributed by atoms with E-state index in [1.807, 2.05) is 30.5 Å². The molecule has 0 spiro atoms. The predicted octanol–water partition coefficient (Wildman–Crippen LogP) is 1.28. The third-order valence-electron chi connectivity index (χ3n) is 5.18. The van der Waals surface area contributed by atoms with Crippen LogP contribution >= 0.6 is 0 Å². The maximum Gasteiger partial charge on any atom is 0.272 e. The molecule has 1 aromatic carbocycles. The second kappa shape index (κ2) is 8.40. The zero-order valence-corrected chi connectivity index (χ0v) is 15.9. The lowest BCUT2D eigenvalue weighted by Gasteiger charge is -2.35. The molecule has 150 valence electrons. The molecule has 29 heavy (non-hydrogen) atoms. The van der Waals surface area contributed by atoms with Crippen molar-refractivity contribution in [2.24, 2.45) is 0 Å². The number of H-pyrrole nitrogens is 1. The number of benzene rings is 1. The highest BCUT2D eigenvalue weighted by molar-refractivity contribution is 5.92. The summed E-state index contributed by atoms with van der Waals surface area (Å²) in [7, 11) is 0. The van der Waals surface area contributed by atoms with Gasteiger partial charge < -0.3 is 20.3 Å². The smallest absolute Gasteiger partial charge is 0.272 e. The Morgan fingerprint density at radius 1 is 1.24 bits per heavy atom. The van der Waals surface area contributed by atoms with Gasteiger partial charge in [0.2, 0.25) is 5.91 Å². The first-order chi connectivity index (χ1) is 14.1. The second-order valence-corrected chi connectivity index (χ2v) is 7.32. The van der Waals surface area contributed by atoms with Gasteiger partial charge in [-0.15, -0.1) is 0 Å². The zero-order chi connectivity index (χ0) is 20.2. The lowest BCUT2D eigenvalue weighted by molar-refractivity contribution is -0.122. The number of hydrogen-bond acceptors (Lipinski definition) is 5. The Morgan fingerprint density at radius 2 is 2.10 bits per heavy atom. The number of aromatic amines is 1. The molecular weight excluding hydrogens is 370 g/mol. The van der Waals surface area contributed by atoms with E-state index in [2.05, 4.69) is 20.3 Å². The van der Waals surface area contributed by atoms with E-state index in [0.29, 0.717) is 25.8 Å². The van der Waals surface area contributed by atoms with E-state index in [1.165, 1.54) is 23.5 Å². The van der Waals surface area contributed by atoms with Gasteiger partial charge in [-0.25, -0.2) is 9.97 Å². The van der Waals surface area contributed by atoms with Crippen LogP contribution < -0.4 is 5.32 Å². The maximum absolute atomic E-state index is 12.6. The first-order valence-corrected chi connectivity index (χ1v) is 9.68. The van der Waals surface area contributed by atoms with Gasteiger partial charge in [0.15, 0.2) is 0 Å². The Labute approximate surface area is 168 Å². The molecule has 0 aliphatic carbocycles. The van der Waals surface area contributed by atoms with E-state index in [0.717, 1.165) is 16.5 Å². The van der Waals surface area contributed by atoms with E-state index in [4.69, 9.17) is 0 Å². The number of carbonyl (C=O) groups is 2. The summed E-state index contributed by atoms with van der Waals surface area (Å²) in [6.07, 6.45) is 5.45. The molecule has 0 radical (unpaired) electrons. The second-order valence-electron chi connectivity index (χ2n) is 7.32. The number of aryl methyl sites for hydroxylation is 1. The van der Waals surface area contributed by atoms with Crippen molar-refractivity contribution in [2.75, 3.05) is 13.1 Å². The number of para-hydroxylation sites is 1. The molecule has 1 aliphatic rings. The number of aliphatic hydroxyl groups excluding tert-OH is 1. The lowest BCUT2D eigenvalue weighted by atomic mass is 10.0. The van der Waals surface area contributed by atoms with Crippen molar-refractivity contribution in [1.29, 1.82) is 0 Å². The van der Waals surface area contributed by atoms with Crippen LogP contribution in [-0.2, 0) is 11.2 Å². The number of β-amino-alcohol motifs (C(OH)–C–C–N with tert-alkyl or cyclic N) is 1. The van der Waals surface area contributed by atoms with Crippen LogP contribution in [0.1, 0.15) is 28.9 Å². The van der Waals surface area contributed by atoms with Crippen LogP contribution in [-0.4, -0.2) is 62.0 Å². The monoisotopic (exact) mass is 393 g/mol. The van der Waals surface area contributed by atoms with Crippen LogP contribution in [0.4, 0.5) is 0 Å². The number of nitrogens with zero attached hydrogens (tertiary/aromatic N) is 3. The number of carbonyl (C=O) groups excluding carboxylic acids is 2. The van der Waals surface area contributed by atoms with Crippen LogP contribution in [0.3, 0.4) is 0 Å². The number of likely N-dealkylation sites (tertiary alicyclic amines) is 1. The molecule has 1 saturated heterocycles. The number of hydrogen-bond donors (Lipinski definition) is 3. The number of aliphatic hydroxyl groups is 1. The SMILES string of the molecule is O=C(CCc1c[nH]c2ccccc12)N[C@H]1C[C@@H](O)CN(C(=O)c2ccncn2)C1. The standard InChI is InChI=1S/C21H23N5O3/c27-16-9-15(11-26(12-16)21(29)19-7-8-22-13-24-19)25-20(28)6-5-14-10-23-18-4-2-1-3-17(14)18/h1-4,7-8,10,13,15-16,23,27H,5-6,9,11-12H2,(H,25,28)/t15-,16+/m0/s1. The first kappa shape index (κ1) is 19.1. The summed E-state index contributed by atoms with van der Waals surface area (Å²) in [6.45, 7) is 0.573. The molecule has 0 bridgehead atoms. The predicted molar refractivity (Wildman–Crippen MR) is 107 cm³/mol. The molecule has 2 amide bonds. The van der Waals surface area contributed by atoms with Crippen molar-refractivity contribution in [1.82, 2.24) is 25.2 Å². The number of amides is 2. The molecular formula is C21H23N5O3. The molecule has 4 rings (SSSR count). The van der Waals surface area contributed by atoms with Crippen LogP contribution in [0.5, 0.6) is 0 Å². The van der Waals surface area contributed by atoms with E-state index < -0.39 is 6.10 Å². The Kier molecular flexibility index (Phi) is 5.53. The zero-order valence-electron chi connectivity index (χ0n) is 15.9. The third-order valence-corrected chi connectivity index (χ3v) is 5.18. The molecule has 0 unspecified atom stereocenters. The van der Waals surface area contributed by atoms with Crippen molar-refractivity contribution in [3.63, 3.8) is 0 Å². The lowest BCUT2D eigenvalue weighted by Crippen LogP contribution is -2.54. The Balaban J connectivity index is 1.34. The Bertz CT molecular complexity index is 1000. The van der Waals surface area contributed by atoms with Gasteiger partial charge in [-0.05, 0) is 30.5 Å². The minimum Gasteiger partial charge on any atom is -0.391 e. The largest absolute Gasteiger partial charge is 0.391 e. The topological polar surface area (TPSA) is 111 Å². The third kappa shape index (κ3) is 4.43. The van der Waals surface area contributed by atoms with Gasteiger partial charge in [0.1, 0.15) is 12.0 Å². The van der Waals surface area contributed by atoms with Crippen molar-refractivity contribution in [3.05, 3.63) is 60.3 Å². The van der Waals surface area contributed by atoms with Crippen molar-refractivity contribution < 1.29 is 14.7 Å². The molecule has 3 N–H and O–H groups in total. The molecule has 0 saturated carbocycles. The summed E-state index contributed by atoms with van der Waals surface area (Å²) >= 11 is 0. The first-order valence-electron chi connectivity index (χ1n) is 9.68. The van der Waals surface area contributed by atoms with E-state index in [1.54, 1.807) is 0 Å². The van der Waals surface area contributed by atoms with Gasteiger partial charge in [-0.1, -0.05) is 18.2 Å². The van der Waals surface area contributed by atoms with Crippen molar-refractivity contribution in [3.8, 4) is 0 Å². The highest BCUT2D eigenvalue weighted by Crippen LogP contribution is 2.19. The number of nitrogens with one attached hydrogen (secondary N) is 2. The van der Waals surface area contributed by atoms with E-state index >= 15 is 0 Å². The van der Waals surface area contributed by atoms with E-state index in [-0.39, 0.29) is 30.1 Å². The molecule has 3 heterocycles. The molecule has 2 atom stereocenters. The fourth-order valence-electron chi connectivity index (χ4n) is 3.81. The van der Waals surface area contributed by atoms with Gasteiger partial charge in [-0.3, -0.25) is 9.59 Å². The van der Waals surface area contributed by atoms with Gasteiger partial charge in [0, 0.05) is 48.8 Å². The highest BCUT2D eigenvalue weighted by atomic mass is 16.3. The van der Waals surface area contributed by atoms with Crippen molar-refractivity contribution >= 4 is 22.7 Å². The molecule has 8 nitrogen and oxygen atoms in total. The summed E-state index contributed by atoms with van der Waals surface area (Å²) in [5, 5.41) is 14.3. The molecule has 1 fully saturated rings. The van der Waals surface area contributed by atoms with Gasteiger partial charge >= 0.3 is 0 Å². The van der Waals surface area contributed by atoms with Gasteiger partial charge in [0.25, 0.3) is 5.91 Å². The molecule has 1 aliphatic heterocycles. The van der Waals surface area contributed by atoms with E-state index in [9.17, 15) is 14.7 Å². The number of rotatable bonds is 5. The summed E-state index contributed by atoms with van der Waals surface area (Å²) in [6, 6.07) is 9.24. The summed E-state index contributed by atoms with van der Waals surface area (Å²) in [4.78, 5) is 37.6. The fraction of sp³-hybridized carbons (Fsp3) is 0.333. The average Bonchev–Trinajstić information content (AvgIpc) is 3.15. The minimum atomic E-state index is -0.687. The Morgan fingerprint density at radius 3 is 2.93 bits per heavy atom. The van der Waals surface area contributed by atoms with Crippen molar-refractivity contribution in [2.45, 2.75) is 31.4 Å². The van der Waals surface area contributed by atoms with Crippen LogP contribution in [0.25, 0.3) is 10.9 Å². The fourth-order valence-corrected chi connectivity index (χ4v) is 3.81. The van der Waals surface area contributed by atoms with Crippen LogP contribution in [0.2, 0.25) is 0 Å². The normalized spacial score (nSPS) is 19.3. The van der Waals surface area contributed by atoms with Crippen LogP contribution in [0.15, 0.2) is 49.1 Å². The number of fused-ring (bicyclic) bond motifs is 1. The Hall–Kier alpha value is -3.26. The number of aromatic nitrogens is 3. The maximum atomic E-state index is 12.6. The quantitative estimate of drug-likeness (QED) is 0.605. The summed E-state index contributed by atoms with van der Waals surface area (Å²) in [5.74, 6) is -0.368. The molecule has 3 aromatic rings. The minimum absolute atomic E-state index is 0.0937. The molecule has 2 aromatic heterocycles. The highest BCUT2D eigenvalue weighted by Gasteiger charge is 2.30. The van der Waals surface area contributed by atoms with Crippen LogP contribution in [0, 0.1) is 0 Å². The summed E-state index contributed by atoms with van der Waals surface area (Å²) < 4.78 is 0.